The Kier molecular flexibility index (Phi) is 9.37. The minimum atomic E-state index is -1.26. The lowest BCUT2D eigenvalue weighted by Gasteiger charge is -2.19. The molecule has 0 aliphatic heterocycles. The number of rotatable bonds is 8. The molecule has 0 amide bonds. The zero-order valence-electron chi connectivity index (χ0n) is 20.6. The van der Waals surface area contributed by atoms with Crippen molar-refractivity contribution in [1.29, 1.82) is 0 Å². The minimum Gasteiger partial charge on any atom is -0.489 e. The molecule has 9 nitrogen and oxygen atoms in total. The fourth-order valence-electron chi connectivity index (χ4n) is 3.57. The van der Waals surface area contributed by atoms with E-state index in [1.165, 1.54) is 0 Å². The van der Waals surface area contributed by atoms with Gasteiger partial charge in [0.15, 0.2) is 5.65 Å². The highest BCUT2D eigenvalue weighted by atomic mass is 35.5. The van der Waals surface area contributed by atoms with E-state index in [4.69, 9.17) is 31.6 Å². The van der Waals surface area contributed by atoms with Gasteiger partial charge in [-0.2, -0.15) is 5.10 Å². The number of nitrogens with zero attached hydrogens (tertiary/aromatic N) is 4. The average Bonchev–Trinajstić information content (AvgIpc) is 3.23. The average molecular weight is 523 g/mol. The number of benzene rings is 2. The van der Waals surface area contributed by atoms with Crippen molar-refractivity contribution in [3.05, 3.63) is 84.0 Å². The Bertz CT molecular complexity index is 1380. The van der Waals surface area contributed by atoms with Crippen LogP contribution in [0.15, 0.2) is 79.0 Å². The normalized spacial score (nSPS) is 11.8. The van der Waals surface area contributed by atoms with Gasteiger partial charge in [0, 0.05) is 46.9 Å². The molecular weight excluding hydrogens is 496 g/mol. The Labute approximate surface area is 219 Å². The molecule has 4 rings (SSSR count). The van der Waals surface area contributed by atoms with E-state index in [1.54, 1.807) is 6.20 Å². The molecule has 4 aromatic rings. The van der Waals surface area contributed by atoms with E-state index in [1.807, 2.05) is 79.4 Å². The fourth-order valence-corrected chi connectivity index (χ4v) is 3.69. The van der Waals surface area contributed by atoms with Crippen LogP contribution in [0.2, 0.25) is 5.02 Å². The maximum atomic E-state index is 9.55. The summed E-state index contributed by atoms with van der Waals surface area (Å²) in [5.74, 6) is -1.70. The number of aliphatic carboxylic acids is 2. The van der Waals surface area contributed by atoms with Gasteiger partial charge in [0.1, 0.15) is 17.5 Å². The Morgan fingerprint density at radius 2 is 1.73 bits per heavy atom. The van der Waals surface area contributed by atoms with Crippen LogP contribution in [-0.4, -0.2) is 68.6 Å². The number of aromatic nitrogens is 3. The van der Waals surface area contributed by atoms with Gasteiger partial charge in [-0.15, -0.1) is 0 Å². The summed E-state index contributed by atoms with van der Waals surface area (Å²) in [5, 5.41) is 22.2. The van der Waals surface area contributed by atoms with Crippen LogP contribution in [-0.2, 0) is 9.59 Å². The van der Waals surface area contributed by atoms with Gasteiger partial charge in [-0.1, -0.05) is 29.8 Å². The second-order valence-electron chi connectivity index (χ2n) is 8.34. The molecule has 0 aliphatic carbocycles. The third-order valence-electron chi connectivity index (χ3n) is 4.95. The molecule has 0 spiro atoms. The zero-order chi connectivity index (χ0) is 26.9. The molecule has 1 unspecified atom stereocenters. The molecule has 192 valence electrons. The van der Waals surface area contributed by atoms with Gasteiger partial charge in [-0.3, -0.25) is 0 Å². The predicted octanol–water partition coefficient (Wildman–Crippen LogP) is 4.78. The topological polar surface area (TPSA) is 118 Å². The van der Waals surface area contributed by atoms with E-state index in [2.05, 4.69) is 16.8 Å². The Balaban J connectivity index is 0.000000414. The molecule has 2 aromatic heterocycles. The number of pyridine rings is 1. The first-order valence-electron chi connectivity index (χ1n) is 11.3. The lowest BCUT2D eigenvalue weighted by atomic mass is 10.1. The quantitative estimate of drug-likeness (QED) is 0.317. The molecule has 2 N–H and O–H groups in total. The predicted molar refractivity (Wildman–Crippen MR) is 142 cm³/mol. The summed E-state index contributed by atoms with van der Waals surface area (Å²) in [6.45, 7) is 2.91. The smallest absolute Gasteiger partial charge is 0.328 e. The molecule has 0 bridgehead atoms. The van der Waals surface area contributed by atoms with Gasteiger partial charge in [0.05, 0.1) is 5.69 Å². The van der Waals surface area contributed by atoms with Crippen molar-refractivity contribution in [2.75, 3.05) is 20.6 Å². The third kappa shape index (κ3) is 7.89. The maximum absolute atomic E-state index is 9.55. The molecule has 1 atom stereocenters. The highest BCUT2D eigenvalue weighted by Gasteiger charge is 2.15. The first kappa shape index (κ1) is 27.4. The Morgan fingerprint density at radius 1 is 1.05 bits per heavy atom. The van der Waals surface area contributed by atoms with Gasteiger partial charge in [0.25, 0.3) is 0 Å². The molecule has 0 radical (unpaired) electrons. The van der Waals surface area contributed by atoms with E-state index < -0.39 is 11.9 Å². The van der Waals surface area contributed by atoms with Crippen molar-refractivity contribution in [3.63, 3.8) is 0 Å². The lowest BCUT2D eigenvalue weighted by Crippen LogP contribution is -2.27. The highest BCUT2D eigenvalue weighted by Crippen LogP contribution is 2.30. The summed E-state index contributed by atoms with van der Waals surface area (Å²) in [6, 6.07) is 19.6. The molecule has 0 saturated heterocycles. The molecule has 0 fully saturated rings. The Hall–Kier alpha value is -4.21. The number of hydrogen-bond acceptors (Lipinski definition) is 6. The summed E-state index contributed by atoms with van der Waals surface area (Å²) in [7, 11) is 4.08. The number of ether oxygens (including phenoxy) is 1. The van der Waals surface area contributed by atoms with Crippen LogP contribution in [0.5, 0.6) is 5.75 Å². The standard InChI is InChI=1S/C23H23ClN4O.C4H4O4/c1-16(15-27(2)3)29-20-7-4-6-19(14-20)28-23-21(8-5-13-25-23)22(26-28)17-9-11-18(24)12-10-17;5-3(6)1-2-4(7)8/h4-14,16H,15H2,1-3H3;1-2H,(H,5,6)(H,7,8). The summed E-state index contributed by atoms with van der Waals surface area (Å²) in [6.07, 6.45) is 2.98. The zero-order valence-corrected chi connectivity index (χ0v) is 21.3. The first-order valence-corrected chi connectivity index (χ1v) is 11.7. The van der Waals surface area contributed by atoms with Crippen LogP contribution in [0.25, 0.3) is 28.0 Å². The second-order valence-corrected chi connectivity index (χ2v) is 8.78. The summed E-state index contributed by atoms with van der Waals surface area (Å²) in [5.41, 5.74) is 3.58. The van der Waals surface area contributed by atoms with Crippen LogP contribution < -0.4 is 4.74 Å². The second kappa shape index (κ2) is 12.7. The number of halogens is 1. The summed E-state index contributed by atoms with van der Waals surface area (Å²) < 4.78 is 7.95. The van der Waals surface area contributed by atoms with Crippen molar-refractivity contribution < 1.29 is 24.5 Å². The van der Waals surface area contributed by atoms with Crippen LogP contribution in [0.3, 0.4) is 0 Å². The maximum Gasteiger partial charge on any atom is 0.328 e. The van der Waals surface area contributed by atoms with E-state index in [0.29, 0.717) is 17.2 Å². The van der Waals surface area contributed by atoms with Gasteiger partial charge < -0.3 is 19.8 Å². The Morgan fingerprint density at radius 3 is 2.35 bits per heavy atom. The SMILES string of the molecule is CC(CN(C)C)Oc1cccc(-n2nc(-c3ccc(Cl)cc3)c3cccnc32)c1.O=C(O)C=CC(=O)O. The molecule has 0 saturated carbocycles. The molecule has 2 aromatic carbocycles. The van der Waals surface area contributed by atoms with E-state index in [9.17, 15) is 9.59 Å². The molecule has 10 heteroatoms. The number of carboxylic acids is 2. The number of fused-ring (bicyclic) bond motifs is 1. The van der Waals surface area contributed by atoms with Crippen LogP contribution in [0, 0.1) is 0 Å². The highest BCUT2D eigenvalue weighted by molar-refractivity contribution is 6.30. The summed E-state index contributed by atoms with van der Waals surface area (Å²) >= 11 is 6.05. The van der Waals surface area contributed by atoms with Crippen molar-refractivity contribution in [3.8, 4) is 22.7 Å². The van der Waals surface area contributed by atoms with E-state index in [0.717, 1.165) is 40.3 Å². The van der Waals surface area contributed by atoms with Gasteiger partial charge in [-0.05, 0) is 57.4 Å². The molecule has 37 heavy (non-hydrogen) atoms. The van der Waals surface area contributed by atoms with Crippen LogP contribution in [0.4, 0.5) is 0 Å². The monoisotopic (exact) mass is 522 g/mol. The summed E-state index contributed by atoms with van der Waals surface area (Å²) in [4.78, 5) is 25.8. The van der Waals surface area contributed by atoms with E-state index >= 15 is 0 Å². The molecule has 2 heterocycles. The molecular formula is C27H27ClN4O5. The third-order valence-corrected chi connectivity index (χ3v) is 5.20. The van der Waals surface area contributed by atoms with Crippen molar-refractivity contribution >= 4 is 34.6 Å². The fraction of sp³-hybridized carbons (Fsp3) is 0.185. The molecule has 0 aliphatic rings. The van der Waals surface area contributed by atoms with Gasteiger partial charge in [-0.25, -0.2) is 19.3 Å². The number of hydrogen-bond donors (Lipinski definition) is 2. The van der Waals surface area contributed by atoms with Gasteiger partial charge in [0.2, 0.25) is 0 Å². The lowest BCUT2D eigenvalue weighted by molar-refractivity contribution is -0.134. The van der Waals surface area contributed by atoms with Crippen LogP contribution >= 0.6 is 11.6 Å². The van der Waals surface area contributed by atoms with Crippen molar-refractivity contribution in [2.45, 2.75) is 13.0 Å². The largest absolute Gasteiger partial charge is 0.489 e. The van der Waals surface area contributed by atoms with Crippen molar-refractivity contribution in [1.82, 2.24) is 19.7 Å². The van der Waals surface area contributed by atoms with Crippen LogP contribution in [0.1, 0.15) is 6.92 Å². The number of carbonyl (C=O) groups is 2. The minimum absolute atomic E-state index is 0.0809. The first-order chi connectivity index (χ1) is 17.6. The van der Waals surface area contributed by atoms with E-state index in [-0.39, 0.29) is 6.10 Å². The van der Waals surface area contributed by atoms with Gasteiger partial charge >= 0.3 is 11.9 Å². The van der Waals surface area contributed by atoms with Crippen molar-refractivity contribution in [2.24, 2.45) is 0 Å². The number of carboxylic acid groups (broad SMARTS) is 2. The number of likely N-dealkylation sites (N-methyl/N-ethyl adjacent to an activating group) is 1.